The fourth-order valence-corrected chi connectivity index (χ4v) is 3.52. The third-order valence-corrected chi connectivity index (χ3v) is 4.54. The minimum Gasteiger partial charge on any atom is -0.444 e. The van der Waals surface area contributed by atoms with Gasteiger partial charge >= 0.3 is 6.09 Å². The summed E-state index contributed by atoms with van der Waals surface area (Å²) in [5, 5.41) is 8.07. The molecule has 0 aliphatic carbocycles. The van der Waals surface area contributed by atoms with E-state index in [9.17, 15) is 4.79 Å². The Hall–Kier alpha value is -1.60. The van der Waals surface area contributed by atoms with Gasteiger partial charge in [-0.3, -0.25) is 4.68 Å². The molecule has 1 spiro atoms. The largest absolute Gasteiger partial charge is 0.444 e. The average Bonchev–Trinajstić information content (AvgIpc) is 2.91. The van der Waals surface area contributed by atoms with E-state index in [1.54, 1.807) is 4.90 Å². The predicted octanol–water partition coefficient (Wildman–Crippen LogP) is 2.29. The number of aromatic nitrogens is 2. The van der Waals surface area contributed by atoms with Crippen molar-refractivity contribution >= 4 is 6.09 Å². The van der Waals surface area contributed by atoms with Gasteiger partial charge < -0.3 is 19.7 Å². The number of ether oxygens (including phenoxy) is 2. The van der Waals surface area contributed by atoms with Crippen LogP contribution in [-0.4, -0.2) is 58.2 Å². The van der Waals surface area contributed by atoms with E-state index in [1.165, 1.54) is 0 Å². The molecule has 25 heavy (non-hydrogen) atoms. The molecule has 1 aromatic heterocycles. The number of carbonyl (C=O) groups excluding carboxylic acids is 1. The Labute approximate surface area is 149 Å². The smallest absolute Gasteiger partial charge is 0.410 e. The zero-order valence-corrected chi connectivity index (χ0v) is 16.1. The van der Waals surface area contributed by atoms with Gasteiger partial charge in [-0.05, 0) is 47.6 Å². The van der Waals surface area contributed by atoms with Gasteiger partial charge in [-0.2, -0.15) is 5.10 Å². The van der Waals surface area contributed by atoms with Crippen LogP contribution in [0.2, 0.25) is 0 Å². The third kappa shape index (κ3) is 3.53. The first kappa shape index (κ1) is 18.2. The van der Waals surface area contributed by atoms with Gasteiger partial charge in [0.2, 0.25) is 0 Å². The number of amides is 1. The van der Waals surface area contributed by atoms with Crippen molar-refractivity contribution in [3.05, 3.63) is 18.0 Å². The van der Waals surface area contributed by atoms with Crippen LogP contribution in [0.4, 0.5) is 4.79 Å². The van der Waals surface area contributed by atoms with E-state index in [2.05, 4.69) is 31.2 Å². The van der Waals surface area contributed by atoms with Crippen LogP contribution in [0, 0.1) is 0 Å². The fourth-order valence-electron chi connectivity index (χ4n) is 3.52. The minimum absolute atomic E-state index is 0.00154. The number of hydrogen-bond donors (Lipinski definition) is 1. The van der Waals surface area contributed by atoms with Crippen LogP contribution in [0.3, 0.4) is 0 Å². The maximum Gasteiger partial charge on any atom is 0.410 e. The Morgan fingerprint density at radius 3 is 2.60 bits per heavy atom. The summed E-state index contributed by atoms with van der Waals surface area (Å²) in [4.78, 5) is 14.0. The molecule has 1 amide bonds. The summed E-state index contributed by atoms with van der Waals surface area (Å²) in [6.45, 7) is 14.5. The molecule has 140 valence electrons. The average molecular weight is 350 g/mol. The van der Waals surface area contributed by atoms with Gasteiger partial charge in [0.05, 0.1) is 37.0 Å². The monoisotopic (exact) mass is 350 g/mol. The highest BCUT2D eigenvalue weighted by atomic mass is 16.6. The summed E-state index contributed by atoms with van der Waals surface area (Å²) in [5.41, 5.74) is 0.0675. The van der Waals surface area contributed by atoms with E-state index in [0.29, 0.717) is 19.7 Å². The van der Waals surface area contributed by atoms with E-state index < -0.39 is 11.2 Å². The number of nitrogens with one attached hydrogen (secondary N) is 1. The highest BCUT2D eigenvalue weighted by molar-refractivity contribution is 5.70. The second kappa shape index (κ2) is 5.99. The number of hydrogen-bond acceptors (Lipinski definition) is 5. The third-order valence-electron chi connectivity index (χ3n) is 4.54. The second-order valence-corrected chi connectivity index (χ2v) is 8.98. The Kier molecular flexibility index (Phi) is 4.36. The highest BCUT2D eigenvalue weighted by Crippen LogP contribution is 2.40. The van der Waals surface area contributed by atoms with Gasteiger partial charge in [0.1, 0.15) is 11.2 Å². The van der Waals surface area contributed by atoms with Crippen LogP contribution < -0.4 is 5.32 Å². The standard InChI is InChI=1S/C18H30N4O3/c1-16(2,3)22-13(7-8-20-22)14-18(24-10-9-19-14)11-21(12-18)15(23)25-17(4,5)6/h7-8,14,19H,9-12H2,1-6H3. The van der Waals surface area contributed by atoms with Crippen molar-refractivity contribution in [1.29, 1.82) is 0 Å². The van der Waals surface area contributed by atoms with E-state index in [4.69, 9.17) is 9.47 Å². The van der Waals surface area contributed by atoms with Crippen molar-refractivity contribution in [2.45, 2.75) is 64.3 Å². The molecule has 1 atom stereocenters. The molecule has 1 N–H and O–H groups in total. The van der Waals surface area contributed by atoms with Crippen molar-refractivity contribution in [2.75, 3.05) is 26.2 Å². The summed E-state index contributed by atoms with van der Waals surface area (Å²) in [6.07, 6.45) is 1.55. The molecule has 0 saturated carbocycles. The number of nitrogens with zero attached hydrogens (tertiary/aromatic N) is 3. The van der Waals surface area contributed by atoms with E-state index >= 15 is 0 Å². The Morgan fingerprint density at radius 2 is 2.00 bits per heavy atom. The molecule has 1 aromatic rings. The molecular weight excluding hydrogens is 320 g/mol. The zero-order chi connectivity index (χ0) is 18.5. The fraction of sp³-hybridized carbons (Fsp3) is 0.778. The summed E-state index contributed by atoms with van der Waals surface area (Å²) in [5.74, 6) is 0. The summed E-state index contributed by atoms with van der Waals surface area (Å²) in [6, 6.07) is 2.04. The van der Waals surface area contributed by atoms with Gasteiger partial charge in [0.15, 0.2) is 0 Å². The number of morpholine rings is 1. The molecule has 2 saturated heterocycles. The topological polar surface area (TPSA) is 68.6 Å². The molecule has 0 aromatic carbocycles. The molecular formula is C18H30N4O3. The quantitative estimate of drug-likeness (QED) is 0.842. The molecule has 7 heteroatoms. The van der Waals surface area contributed by atoms with Gasteiger partial charge in [-0.1, -0.05) is 0 Å². The number of carbonyl (C=O) groups is 1. The lowest BCUT2D eigenvalue weighted by Crippen LogP contribution is -2.72. The van der Waals surface area contributed by atoms with Crippen LogP contribution in [-0.2, 0) is 15.0 Å². The van der Waals surface area contributed by atoms with E-state index in [0.717, 1.165) is 12.2 Å². The number of likely N-dealkylation sites (tertiary alicyclic amines) is 1. The molecule has 3 rings (SSSR count). The molecule has 2 aliphatic rings. The lowest BCUT2D eigenvalue weighted by atomic mass is 9.82. The Bertz CT molecular complexity index is 635. The van der Waals surface area contributed by atoms with Crippen molar-refractivity contribution < 1.29 is 14.3 Å². The molecule has 0 radical (unpaired) electrons. The zero-order valence-electron chi connectivity index (χ0n) is 16.1. The Morgan fingerprint density at radius 1 is 1.32 bits per heavy atom. The van der Waals surface area contributed by atoms with Crippen LogP contribution in [0.25, 0.3) is 0 Å². The predicted molar refractivity (Wildman–Crippen MR) is 94.5 cm³/mol. The molecule has 2 fully saturated rings. The lowest BCUT2D eigenvalue weighted by Gasteiger charge is -2.55. The molecule has 1 unspecified atom stereocenters. The molecule has 2 aliphatic heterocycles. The molecule has 7 nitrogen and oxygen atoms in total. The normalized spacial score (nSPS) is 23.4. The second-order valence-electron chi connectivity index (χ2n) is 8.98. The minimum atomic E-state index is -0.490. The molecule has 0 bridgehead atoms. The maximum atomic E-state index is 12.3. The Balaban J connectivity index is 1.78. The first-order chi connectivity index (χ1) is 11.5. The van der Waals surface area contributed by atoms with Gasteiger partial charge in [-0.25, -0.2) is 4.79 Å². The first-order valence-corrected chi connectivity index (χ1v) is 8.92. The van der Waals surface area contributed by atoms with Crippen molar-refractivity contribution in [2.24, 2.45) is 0 Å². The highest BCUT2D eigenvalue weighted by Gasteiger charge is 2.55. The SMILES string of the molecule is CC(C)(C)OC(=O)N1CC2(C1)OCCNC2c1ccnn1C(C)(C)C. The number of rotatable bonds is 1. The van der Waals surface area contributed by atoms with E-state index in [-0.39, 0.29) is 17.7 Å². The van der Waals surface area contributed by atoms with Gasteiger partial charge in [-0.15, -0.1) is 0 Å². The maximum absolute atomic E-state index is 12.3. The summed E-state index contributed by atoms with van der Waals surface area (Å²) < 4.78 is 13.7. The van der Waals surface area contributed by atoms with Crippen LogP contribution >= 0.6 is 0 Å². The first-order valence-electron chi connectivity index (χ1n) is 8.92. The van der Waals surface area contributed by atoms with Gasteiger partial charge in [0.25, 0.3) is 0 Å². The van der Waals surface area contributed by atoms with Crippen molar-refractivity contribution in [3.63, 3.8) is 0 Å². The van der Waals surface area contributed by atoms with Crippen molar-refractivity contribution in [3.8, 4) is 0 Å². The van der Waals surface area contributed by atoms with Crippen LogP contribution in [0.5, 0.6) is 0 Å². The molecule has 3 heterocycles. The summed E-state index contributed by atoms with van der Waals surface area (Å²) in [7, 11) is 0. The van der Waals surface area contributed by atoms with Crippen LogP contribution in [0.15, 0.2) is 12.3 Å². The summed E-state index contributed by atoms with van der Waals surface area (Å²) >= 11 is 0. The van der Waals surface area contributed by atoms with Crippen molar-refractivity contribution in [1.82, 2.24) is 20.0 Å². The van der Waals surface area contributed by atoms with E-state index in [1.807, 2.05) is 37.7 Å². The lowest BCUT2D eigenvalue weighted by molar-refractivity contribution is -0.177. The van der Waals surface area contributed by atoms with Crippen LogP contribution in [0.1, 0.15) is 53.3 Å². The van der Waals surface area contributed by atoms with Gasteiger partial charge in [0, 0.05) is 12.7 Å².